The summed E-state index contributed by atoms with van der Waals surface area (Å²) < 4.78 is 2.08. The Kier molecular flexibility index (Phi) is 3.43. The van der Waals surface area contributed by atoms with Crippen LogP contribution in [-0.2, 0) is 20.0 Å². The lowest BCUT2D eigenvalue weighted by Gasteiger charge is -2.16. The summed E-state index contributed by atoms with van der Waals surface area (Å²) in [5.41, 5.74) is 11.0. The van der Waals surface area contributed by atoms with Crippen LogP contribution in [0, 0.1) is 0 Å². The Morgan fingerprint density at radius 3 is 2.79 bits per heavy atom. The predicted octanol–water partition coefficient (Wildman–Crippen LogP) is 3.23. The van der Waals surface area contributed by atoms with Gasteiger partial charge in [-0.2, -0.15) is 0 Å². The van der Waals surface area contributed by atoms with Gasteiger partial charge in [0.25, 0.3) is 5.91 Å². The zero-order chi connectivity index (χ0) is 16.8. The number of aromatic nitrogens is 1. The lowest BCUT2D eigenvalue weighted by Crippen LogP contribution is -2.23. The molecule has 0 fully saturated rings. The van der Waals surface area contributed by atoms with Gasteiger partial charge in [0.15, 0.2) is 0 Å². The summed E-state index contributed by atoms with van der Waals surface area (Å²) in [5, 5.41) is 1.15. The Bertz CT molecular complexity index is 939. The molecule has 0 spiro atoms. The molecule has 2 aromatic carbocycles. The molecule has 0 bridgehead atoms. The number of nitrogens with zero attached hydrogens (tertiary/aromatic N) is 2. The molecule has 0 saturated heterocycles. The highest BCUT2D eigenvalue weighted by Gasteiger charge is 2.28. The third-order valence-electron chi connectivity index (χ3n) is 4.72. The van der Waals surface area contributed by atoms with Gasteiger partial charge >= 0.3 is 0 Å². The molecule has 3 aromatic rings. The SMILES string of the molecule is CC(N)Cc1ccc2c(c1)C(=O)N(c1ccc3c(ccn3C)c1)C2. The molecule has 1 aliphatic heterocycles. The summed E-state index contributed by atoms with van der Waals surface area (Å²) in [7, 11) is 2.03. The van der Waals surface area contributed by atoms with Gasteiger partial charge in [-0.25, -0.2) is 0 Å². The smallest absolute Gasteiger partial charge is 0.258 e. The summed E-state index contributed by atoms with van der Waals surface area (Å²) in [4.78, 5) is 14.7. The van der Waals surface area contributed by atoms with Gasteiger partial charge in [0.05, 0.1) is 6.54 Å². The van der Waals surface area contributed by atoms with E-state index in [2.05, 4.69) is 34.9 Å². The number of amides is 1. The third-order valence-corrected chi connectivity index (χ3v) is 4.72. The topological polar surface area (TPSA) is 51.3 Å². The van der Waals surface area contributed by atoms with Crippen molar-refractivity contribution in [1.82, 2.24) is 4.57 Å². The van der Waals surface area contributed by atoms with E-state index < -0.39 is 0 Å². The Labute approximate surface area is 141 Å². The Morgan fingerprint density at radius 2 is 2.00 bits per heavy atom. The number of carbonyl (C=O) groups is 1. The van der Waals surface area contributed by atoms with Crippen molar-refractivity contribution in [3.63, 3.8) is 0 Å². The number of fused-ring (bicyclic) bond motifs is 2. The van der Waals surface area contributed by atoms with Crippen LogP contribution in [0.2, 0.25) is 0 Å². The number of aryl methyl sites for hydroxylation is 1. The van der Waals surface area contributed by atoms with E-state index in [4.69, 9.17) is 5.73 Å². The van der Waals surface area contributed by atoms with Crippen molar-refractivity contribution < 1.29 is 4.79 Å². The van der Waals surface area contributed by atoms with Crippen LogP contribution in [0.4, 0.5) is 5.69 Å². The summed E-state index contributed by atoms with van der Waals surface area (Å²) in [5.74, 6) is 0.0757. The number of carbonyl (C=O) groups excluding carboxylic acids is 1. The van der Waals surface area contributed by atoms with Crippen LogP contribution in [-0.4, -0.2) is 16.5 Å². The monoisotopic (exact) mass is 319 g/mol. The molecule has 1 atom stereocenters. The van der Waals surface area contributed by atoms with Crippen LogP contribution >= 0.6 is 0 Å². The van der Waals surface area contributed by atoms with Gasteiger partial charge in [0.1, 0.15) is 0 Å². The quantitative estimate of drug-likeness (QED) is 0.806. The standard InChI is InChI=1S/C20H21N3O/c1-13(21)9-14-3-4-16-12-23(20(24)18(16)10-14)17-5-6-19-15(11-17)7-8-22(19)2/h3-8,10-11,13H,9,12,21H2,1-2H3. The van der Waals surface area contributed by atoms with Crippen molar-refractivity contribution in [3.05, 3.63) is 65.4 Å². The fourth-order valence-electron chi connectivity index (χ4n) is 3.49. The van der Waals surface area contributed by atoms with E-state index in [-0.39, 0.29) is 11.9 Å². The van der Waals surface area contributed by atoms with Crippen LogP contribution in [0.25, 0.3) is 10.9 Å². The van der Waals surface area contributed by atoms with E-state index >= 15 is 0 Å². The Balaban J connectivity index is 1.68. The van der Waals surface area contributed by atoms with Gasteiger partial charge in [-0.3, -0.25) is 4.79 Å². The first-order chi connectivity index (χ1) is 11.5. The Morgan fingerprint density at radius 1 is 1.17 bits per heavy atom. The first-order valence-corrected chi connectivity index (χ1v) is 8.27. The minimum absolute atomic E-state index is 0.0757. The summed E-state index contributed by atoms with van der Waals surface area (Å²) >= 11 is 0. The molecule has 122 valence electrons. The minimum atomic E-state index is 0.0757. The molecule has 1 aromatic heterocycles. The molecule has 4 heteroatoms. The number of nitrogens with two attached hydrogens (primary N) is 1. The lowest BCUT2D eigenvalue weighted by molar-refractivity contribution is 0.0996. The first kappa shape index (κ1) is 15.0. The largest absolute Gasteiger partial charge is 0.351 e. The average Bonchev–Trinajstić information content (AvgIpc) is 3.08. The highest BCUT2D eigenvalue weighted by molar-refractivity contribution is 6.10. The van der Waals surface area contributed by atoms with Crippen molar-refractivity contribution in [2.24, 2.45) is 12.8 Å². The molecule has 2 heterocycles. The zero-order valence-corrected chi connectivity index (χ0v) is 14.0. The number of anilines is 1. The second kappa shape index (κ2) is 5.49. The fraction of sp³-hybridized carbons (Fsp3) is 0.250. The number of hydrogen-bond donors (Lipinski definition) is 1. The average molecular weight is 319 g/mol. The Hall–Kier alpha value is -2.59. The molecule has 1 amide bonds. The van der Waals surface area contributed by atoms with Crippen LogP contribution in [0.1, 0.15) is 28.4 Å². The minimum Gasteiger partial charge on any atom is -0.351 e. The van der Waals surface area contributed by atoms with E-state index in [1.54, 1.807) is 0 Å². The van der Waals surface area contributed by atoms with Crippen molar-refractivity contribution in [2.45, 2.75) is 25.9 Å². The summed E-state index contributed by atoms with van der Waals surface area (Å²) in [6.45, 7) is 2.61. The molecule has 24 heavy (non-hydrogen) atoms. The van der Waals surface area contributed by atoms with Gasteiger partial charge < -0.3 is 15.2 Å². The molecule has 1 aliphatic rings. The highest BCUT2D eigenvalue weighted by atomic mass is 16.2. The van der Waals surface area contributed by atoms with Crippen LogP contribution in [0.3, 0.4) is 0 Å². The van der Waals surface area contributed by atoms with Gasteiger partial charge in [-0.15, -0.1) is 0 Å². The summed E-state index contributed by atoms with van der Waals surface area (Å²) in [6.07, 6.45) is 2.83. The molecular formula is C20H21N3O. The highest BCUT2D eigenvalue weighted by Crippen LogP contribution is 2.31. The van der Waals surface area contributed by atoms with Gasteiger partial charge in [-0.1, -0.05) is 12.1 Å². The lowest BCUT2D eigenvalue weighted by atomic mass is 10.0. The van der Waals surface area contributed by atoms with Crippen LogP contribution in [0.5, 0.6) is 0 Å². The number of benzene rings is 2. The molecular weight excluding hydrogens is 298 g/mol. The molecule has 0 saturated carbocycles. The van der Waals surface area contributed by atoms with E-state index in [0.717, 1.165) is 34.2 Å². The van der Waals surface area contributed by atoms with Gasteiger partial charge in [0.2, 0.25) is 0 Å². The normalized spacial score (nSPS) is 15.1. The van der Waals surface area contributed by atoms with E-state index in [0.29, 0.717) is 6.54 Å². The molecule has 2 N–H and O–H groups in total. The second-order valence-electron chi connectivity index (χ2n) is 6.73. The first-order valence-electron chi connectivity index (χ1n) is 8.27. The van der Waals surface area contributed by atoms with E-state index in [1.165, 1.54) is 5.52 Å². The van der Waals surface area contributed by atoms with E-state index in [9.17, 15) is 4.79 Å². The van der Waals surface area contributed by atoms with Crippen LogP contribution in [0.15, 0.2) is 48.7 Å². The molecule has 1 unspecified atom stereocenters. The van der Waals surface area contributed by atoms with Crippen molar-refractivity contribution in [1.29, 1.82) is 0 Å². The maximum Gasteiger partial charge on any atom is 0.258 e. The van der Waals surface area contributed by atoms with E-state index in [1.807, 2.05) is 37.2 Å². The molecule has 0 aliphatic carbocycles. The number of rotatable bonds is 3. The second-order valence-corrected chi connectivity index (χ2v) is 6.73. The zero-order valence-electron chi connectivity index (χ0n) is 14.0. The molecule has 4 nitrogen and oxygen atoms in total. The summed E-state index contributed by atoms with van der Waals surface area (Å²) in [6, 6.07) is 14.5. The molecule has 0 radical (unpaired) electrons. The molecule has 4 rings (SSSR count). The number of hydrogen-bond acceptors (Lipinski definition) is 2. The predicted molar refractivity (Wildman–Crippen MR) is 97.2 cm³/mol. The van der Waals surface area contributed by atoms with Crippen molar-refractivity contribution in [3.8, 4) is 0 Å². The van der Waals surface area contributed by atoms with Crippen molar-refractivity contribution in [2.75, 3.05) is 4.90 Å². The van der Waals surface area contributed by atoms with Gasteiger partial charge in [-0.05, 0) is 54.8 Å². The van der Waals surface area contributed by atoms with Crippen molar-refractivity contribution >= 4 is 22.5 Å². The third kappa shape index (κ3) is 2.39. The van der Waals surface area contributed by atoms with Gasteiger partial charge in [0, 0.05) is 41.4 Å². The van der Waals surface area contributed by atoms with Crippen LogP contribution < -0.4 is 10.6 Å². The maximum atomic E-state index is 12.9. The maximum absolute atomic E-state index is 12.9. The fourth-order valence-corrected chi connectivity index (χ4v) is 3.49.